The Kier molecular flexibility index (Phi) is 5.10. The minimum absolute atomic E-state index is 0.0933. The van der Waals surface area contributed by atoms with Crippen molar-refractivity contribution in [3.63, 3.8) is 0 Å². The Morgan fingerprint density at radius 1 is 1.18 bits per heavy atom. The van der Waals surface area contributed by atoms with E-state index in [1.54, 1.807) is 18.3 Å². The second-order valence-corrected chi connectivity index (χ2v) is 4.56. The lowest BCUT2D eigenvalue weighted by molar-refractivity contribution is -0.120. The van der Waals surface area contributed by atoms with E-state index in [1.165, 1.54) is 18.3 Å². The van der Waals surface area contributed by atoms with E-state index in [9.17, 15) is 14.4 Å². The van der Waals surface area contributed by atoms with E-state index in [2.05, 4.69) is 26.1 Å². The van der Waals surface area contributed by atoms with Crippen molar-refractivity contribution in [2.45, 2.75) is 0 Å². The van der Waals surface area contributed by atoms with Gasteiger partial charge in [0.25, 0.3) is 17.7 Å². The fraction of sp³-hybridized carbons (Fsp3) is 0.0769. The Hall–Kier alpha value is -2.87. The summed E-state index contributed by atoms with van der Waals surface area (Å²) in [5, 5.41) is 2.72. The quantitative estimate of drug-likeness (QED) is 0.604. The summed E-state index contributed by atoms with van der Waals surface area (Å²) in [5.41, 5.74) is 4.76. The number of carbonyl (C=O) groups is 3. The second-order valence-electron chi connectivity index (χ2n) is 4.13. The highest BCUT2D eigenvalue weighted by molar-refractivity contribution is 6.30. The van der Waals surface area contributed by atoms with Gasteiger partial charge >= 0.3 is 0 Å². The van der Waals surface area contributed by atoms with Crippen molar-refractivity contribution in [1.82, 2.24) is 26.1 Å². The third kappa shape index (κ3) is 4.32. The molecule has 0 unspecified atom stereocenters. The molecule has 0 saturated carbocycles. The van der Waals surface area contributed by atoms with Crippen molar-refractivity contribution >= 4 is 29.3 Å². The Labute approximate surface area is 130 Å². The molecule has 0 aliphatic rings. The van der Waals surface area contributed by atoms with Crippen molar-refractivity contribution in [3.8, 4) is 0 Å². The number of nitrogens with one attached hydrogen (secondary N) is 4. The van der Waals surface area contributed by atoms with Gasteiger partial charge in [-0.3, -0.25) is 30.2 Å². The normalized spacial score (nSPS) is 9.86. The van der Waals surface area contributed by atoms with E-state index in [4.69, 9.17) is 11.6 Å². The Morgan fingerprint density at radius 2 is 2.00 bits per heavy atom. The van der Waals surface area contributed by atoms with Crippen LogP contribution in [0.5, 0.6) is 0 Å². The minimum Gasteiger partial charge on any atom is -0.357 e. The van der Waals surface area contributed by atoms with Gasteiger partial charge in [-0.15, -0.1) is 0 Å². The first-order chi connectivity index (χ1) is 10.6. The average Bonchev–Trinajstić information content (AvgIpc) is 3.04. The van der Waals surface area contributed by atoms with E-state index >= 15 is 0 Å². The molecule has 9 heteroatoms. The molecule has 0 spiro atoms. The number of aromatic amines is 1. The van der Waals surface area contributed by atoms with E-state index in [-0.39, 0.29) is 12.2 Å². The van der Waals surface area contributed by atoms with Gasteiger partial charge in [-0.25, -0.2) is 0 Å². The third-order valence-electron chi connectivity index (χ3n) is 2.52. The van der Waals surface area contributed by atoms with Crippen molar-refractivity contribution in [3.05, 3.63) is 53.1 Å². The minimum atomic E-state index is -0.588. The number of aromatic nitrogens is 2. The van der Waals surface area contributed by atoms with Crippen LogP contribution in [0, 0.1) is 0 Å². The summed E-state index contributed by atoms with van der Waals surface area (Å²) in [6.45, 7) is -0.321. The summed E-state index contributed by atoms with van der Waals surface area (Å²) in [6, 6.07) is 6.10. The molecule has 0 saturated heterocycles. The van der Waals surface area contributed by atoms with E-state index in [0.29, 0.717) is 10.7 Å². The third-order valence-corrected chi connectivity index (χ3v) is 2.76. The zero-order valence-corrected chi connectivity index (χ0v) is 12.0. The number of amides is 3. The van der Waals surface area contributed by atoms with Gasteiger partial charge in [0.1, 0.15) is 11.4 Å². The molecule has 114 valence electrons. The lowest BCUT2D eigenvalue weighted by Crippen LogP contribution is -2.46. The maximum absolute atomic E-state index is 11.7. The number of pyridine rings is 1. The van der Waals surface area contributed by atoms with Gasteiger partial charge in [0.15, 0.2) is 0 Å². The Morgan fingerprint density at radius 3 is 2.68 bits per heavy atom. The zero-order chi connectivity index (χ0) is 15.9. The van der Waals surface area contributed by atoms with Crippen LogP contribution >= 0.6 is 11.6 Å². The molecule has 22 heavy (non-hydrogen) atoms. The van der Waals surface area contributed by atoms with E-state index < -0.39 is 17.7 Å². The molecule has 8 nitrogen and oxygen atoms in total. The van der Waals surface area contributed by atoms with Crippen LogP contribution in [0.15, 0.2) is 36.7 Å². The van der Waals surface area contributed by atoms with Crippen LogP contribution in [-0.2, 0) is 4.79 Å². The summed E-state index contributed by atoms with van der Waals surface area (Å²) in [4.78, 5) is 41.3. The van der Waals surface area contributed by atoms with Crippen LogP contribution in [0.4, 0.5) is 0 Å². The molecule has 0 bridgehead atoms. The molecule has 3 amide bonds. The number of hydrogen-bond acceptors (Lipinski definition) is 4. The monoisotopic (exact) mass is 321 g/mol. The van der Waals surface area contributed by atoms with Crippen LogP contribution < -0.4 is 16.2 Å². The number of nitrogens with zero attached hydrogens (tertiary/aromatic N) is 1. The molecule has 0 aliphatic heterocycles. The molecular weight excluding hydrogens is 310 g/mol. The summed E-state index contributed by atoms with van der Waals surface area (Å²) >= 11 is 5.74. The first-order valence-corrected chi connectivity index (χ1v) is 6.56. The predicted octanol–water partition coefficient (Wildman–Crippen LogP) is 0.254. The van der Waals surface area contributed by atoms with Gasteiger partial charge < -0.3 is 10.3 Å². The lowest BCUT2D eigenvalue weighted by atomic mass is 10.3. The molecule has 2 aromatic rings. The number of H-pyrrole nitrogens is 1. The second kappa shape index (κ2) is 7.23. The predicted molar refractivity (Wildman–Crippen MR) is 78.0 cm³/mol. The van der Waals surface area contributed by atoms with Crippen LogP contribution in [0.3, 0.4) is 0 Å². The van der Waals surface area contributed by atoms with Gasteiger partial charge in [0.2, 0.25) is 0 Å². The average molecular weight is 322 g/mol. The van der Waals surface area contributed by atoms with Crippen LogP contribution in [0.1, 0.15) is 21.0 Å². The fourth-order valence-corrected chi connectivity index (χ4v) is 1.65. The number of carbonyl (C=O) groups excluding carboxylic acids is 3. The van der Waals surface area contributed by atoms with Gasteiger partial charge in [-0.1, -0.05) is 11.6 Å². The summed E-state index contributed by atoms with van der Waals surface area (Å²) < 4.78 is 0. The fourth-order valence-electron chi connectivity index (χ4n) is 1.49. The number of halogens is 1. The summed E-state index contributed by atoms with van der Waals surface area (Å²) in [7, 11) is 0. The largest absolute Gasteiger partial charge is 0.357 e. The number of rotatable bonds is 4. The smallest absolute Gasteiger partial charge is 0.286 e. The van der Waals surface area contributed by atoms with Gasteiger partial charge in [0.05, 0.1) is 6.54 Å². The first-order valence-electron chi connectivity index (χ1n) is 6.18. The van der Waals surface area contributed by atoms with Crippen LogP contribution in [0.2, 0.25) is 5.02 Å². The molecule has 0 fully saturated rings. The summed E-state index contributed by atoms with van der Waals surface area (Å²) in [6.07, 6.45) is 2.96. The molecule has 2 rings (SSSR count). The lowest BCUT2D eigenvalue weighted by Gasteiger charge is -2.07. The van der Waals surface area contributed by atoms with Crippen LogP contribution in [-0.4, -0.2) is 34.2 Å². The highest BCUT2D eigenvalue weighted by Crippen LogP contribution is 2.07. The summed E-state index contributed by atoms with van der Waals surface area (Å²) in [5.74, 6) is -1.63. The van der Waals surface area contributed by atoms with E-state index in [0.717, 1.165) is 0 Å². The van der Waals surface area contributed by atoms with E-state index in [1.807, 2.05) is 0 Å². The SMILES string of the molecule is O=C(CNC(=O)c1cc(Cl)ccn1)NNC(=O)c1ccc[nH]1. The standard InChI is InChI=1S/C13H12ClN5O3/c14-8-3-5-16-10(6-8)12(21)17-7-11(20)18-19-13(22)9-2-1-4-15-9/h1-6,15H,7H2,(H,17,21)(H,18,20)(H,19,22). The molecular formula is C13H12ClN5O3. The topological polar surface area (TPSA) is 116 Å². The Bertz CT molecular complexity index is 687. The maximum atomic E-state index is 11.7. The molecule has 0 radical (unpaired) electrons. The van der Waals surface area contributed by atoms with Gasteiger partial charge in [-0.2, -0.15) is 0 Å². The van der Waals surface area contributed by atoms with Crippen molar-refractivity contribution in [1.29, 1.82) is 0 Å². The highest BCUT2D eigenvalue weighted by atomic mass is 35.5. The molecule has 0 atom stereocenters. The van der Waals surface area contributed by atoms with Gasteiger partial charge in [-0.05, 0) is 24.3 Å². The molecule has 0 aliphatic carbocycles. The Balaban J connectivity index is 1.76. The van der Waals surface area contributed by atoms with Crippen molar-refractivity contribution in [2.75, 3.05) is 6.54 Å². The maximum Gasteiger partial charge on any atom is 0.286 e. The molecule has 2 aromatic heterocycles. The van der Waals surface area contributed by atoms with Crippen LogP contribution in [0.25, 0.3) is 0 Å². The first kappa shape index (κ1) is 15.5. The van der Waals surface area contributed by atoms with Crippen molar-refractivity contribution < 1.29 is 14.4 Å². The number of hydrazine groups is 1. The highest BCUT2D eigenvalue weighted by Gasteiger charge is 2.11. The molecule has 2 heterocycles. The number of hydrogen-bond donors (Lipinski definition) is 4. The molecule has 4 N–H and O–H groups in total. The zero-order valence-electron chi connectivity index (χ0n) is 11.2. The van der Waals surface area contributed by atoms with Crippen molar-refractivity contribution in [2.24, 2.45) is 0 Å². The van der Waals surface area contributed by atoms with Gasteiger partial charge in [0, 0.05) is 17.4 Å². The molecule has 0 aromatic carbocycles.